The van der Waals surface area contributed by atoms with Gasteiger partial charge in [-0.1, -0.05) is 41.6 Å². The summed E-state index contributed by atoms with van der Waals surface area (Å²) in [6.07, 6.45) is 3.54. The van der Waals surface area contributed by atoms with Gasteiger partial charge in [-0.05, 0) is 38.1 Å². The normalized spacial score (nSPS) is 10.7. The van der Waals surface area contributed by atoms with E-state index in [2.05, 4.69) is 57.5 Å². The maximum Gasteiger partial charge on any atom is 0.196 e. The molecular formula is C18H18N4S. The second-order valence-electron chi connectivity index (χ2n) is 5.46. The molecule has 0 radical (unpaired) electrons. The maximum absolute atomic E-state index is 4.40. The summed E-state index contributed by atoms with van der Waals surface area (Å²) in [7, 11) is 0. The standard InChI is InChI=1S/C18H18N4S/c1-13(2)12-23-18-21-20-17(15-8-10-19-11-9-15)22(18)16-6-4-14(3)5-7-16/h4-11H,1,12H2,2-3H3. The highest BCUT2D eigenvalue weighted by molar-refractivity contribution is 7.99. The quantitative estimate of drug-likeness (QED) is 0.519. The van der Waals surface area contributed by atoms with Gasteiger partial charge >= 0.3 is 0 Å². The molecule has 0 bridgehead atoms. The van der Waals surface area contributed by atoms with E-state index in [4.69, 9.17) is 0 Å². The Bertz CT molecular complexity index is 807. The zero-order valence-corrected chi connectivity index (χ0v) is 14.0. The molecule has 0 spiro atoms. The molecule has 0 fully saturated rings. The van der Waals surface area contributed by atoms with Crippen LogP contribution >= 0.6 is 11.8 Å². The summed E-state index contributed by atoms with van der Waals surface area (Å²) >= 11 is 1.64. The Morgan fingerprint density at radius 1 is 1.09 bits per heavy atom. The summed E-state index contributed by atoms with van der Waals surface area (Å²) in [6.45, 7) is 8.06. The molecule has 0 aliphatic carbocycles. The number of hydrogen-bond donors (Lipinski definition) is 0. The molecule has 5 heteroatoms. The highest BCUT2D eigenvalue weighted by atomic mass is 32.2. The summed E-state index contributed by atoms with van der Waals surface area (Å²) in [6, 6.07) is 12.3. The third-order valence-corrected chi connectivity index (χ3v) is 4.47. The van der Waals surface area contributed by atoms with Crippen LogP contribution in [0.1, 0.15) is 12.5 Å². The lowest BCUT2D eigenvalue weighted by Gasteiger charge is -2.10. The molecule has 3 rings (SSSR count). The second kappa shape index (κ2) is 6.79. The molecule has 2 aromatic heterocycles. The number of thioether (sulfide) groups is 1. The maximum atomic E-state index is 4.40. The molecule has 0 aliphatic heterocycles. The first-order valence-electron chi connectivity index (χ1n) is 7.35. The minimum absolute atomic E-state index is 0.820. The fourth-order valence-electron chi connectivity index (χ4n) is 2.17. The van der Waals surface area contributed by atoms with Crippen molar-refractivity contribution in [2.45, 2.75) is 19.0 Å². The van der Waals surface area contributed by atoms with E-state index in [0.717, 1.165) is 33.6 Å². The van der Waals surface area contributed by atoms with Gasteiger partial charge in [0.05, 0.1) is 0 Å². The molecule has 0 saturated heterocycles. The van der Waals surface area contributed by atoms with Crippen molar-refractivity contribution >= 4 is 11.8 Å². The van der Waals surface area contributed by atoms with E-state index in [1.54, 1.807) is 24.2 Å². The van der Waals surface area contributed by atoms with Gasteiger partial charge in [-0.15, -0.1) is 10.2 Å². The smallest absolute Gasteiger partial charge is 0.196 e. The molecule has 2 heterocycles. The summed E-state index contributed by atoms with van der Waals surface area (Å²) in [4.78, 5) is 4.08. The third kappa shape index (κ3) is 3.51. The Morgan fingerprint density at radius 2 is 1.78 bits per heavy atom. The van der Waals surface area contributed by atoms with Crippen molar-refractivity contribution in [1.82, 2.24) is 19.7 Å². The zero-order chi connectivity index (χ0) is 16.2. The average molecular weight is 322 g/mol. The molecule has 0 atom stereocenters. The average Bonchev–Trinajstić information content (AvgIpc) is 2.98. The Morgan fingerprint density at radius 3 is 2.43 bits per heavy atom. The van der Waals surface area contributed by atoms with E-state index < -0.39 is 0 Å². The van der Waals surface area contributed by atoms with Crippen LogP contribution in [0.4, 0.5) is 0 Å². The lowest BCUT2D eigenvalue weighted by Crippen LogP contribution is -2.00. The van der Waals surface area contributed by atoms with E-state index in [-0.39, 0.29) is 0 Å². The Labute approximate surface area is 140 Å². The first-order chi connectivity index (χ1) is 11.1. The van der Waals surface area contributed by atoms with E-state index in [1.807, 2.05) is 19.1 Å². The van der Waals surface area contributed by atoms with Gasteiger partial charge < -0.3 is 0 Å². The SMILES string of the molecule is C=C(C)CSc1nnc(-c2ccncc2)n1-c1ccc(C)cc1. The minimum Gasteiger partial charge on any atom is -0.270 e. The fraction of sp³-hybridized carbons (Fsp3) is 0.167. The van der Waals surface area contributed by atoms with Gasteiger partial charge in [-0.2, -0.15) is 0 Å². The van der Waals surface area contributed by atoms with Gasteiger partial charge in [0.1, 0.15) is 0 Å². The molecule has 0 N–H and O–H groups in total. The van der Waals surface area contributed by atoms with Crippen LogP contribution in [0.25, 0.3) is 17.1 Å². The van der Waals surface area contributed by atoms with Gasteiger partial charge in [-0.3, -0.25) is 9.55 Å². The van der Waals surface area contributed by atoms with Crippen molar-refractivity contribution in [2.75, 3.05) is 5.75 Å². The molecular weight excluding hydrogens is 304 g/mol. The van der Waals surface area contributed by atoms with Crippen LogP contribution in [0.5, 0.6) is 0 Å². The number of benzene rings is 1. The monoisotopic (exact) mass is 322 g/mol. The summed E-state index contributed by atoms with van der Waals surface area (Å²) in [5, 5.41) is 9.64. The number of aromatic nitrogens is 4. The van der Waals surface area contributed by atoms with Crippen molar-refractivity contribution in [2.24, 2.45) is 0 Å². The molecule has 23 heavy (non-hydrogen) atoms. The number of rotatable bonds is 5. The summed E-state index contributed by atoms with van der Waals surface area (Å²) in [5.41, 5.74) is 4.38. The third-order valence-electron chi connectivity index (χ3n) is 3.31. The van der Waals surface area contributed by atoms with Gasteiger partial charge in [0, 0.05) is 29.4 Å². The first-order valence-corrected chi connectivity index (χ1v) is 8.34. The van der Waals surface area contributed by atoms with Crippen LogP contribution in [0.15, 0.2) is 66.1 Å². The zero-order valence-electron chi connectivity index (χ0n) is 13.2. The van der Waals surface area contributed by atoms with Crippen LogP contribution < -0.4 is 0 Å². The molecule has 0 aliphatic rings. The van der Waals surface area contributed by atoms with Gasteiger partial charge in [-0.25, -0.2) is 0 Å². The van der Waals surface area contributed by atoms with Gasteiger partial charge in [0.25, 0.3) is 0 Å². The molecule has 3 aromatic rings. The van der Waals surface area contributed by atoms with Crippen molar-refractivity contribution < 1.29 is 0 Å². The highest BCUT2D eigenvalue weighted by Gasteiger charge is 2.15. The van der Waals surface area contributed by atoms with Crippen LogP contribution in [0, 0.1) is 6.92 Å². The van der Waals surface area contributed by atoms with Crippen LogP contribution in [0.3, 0.4) is 0 Å². The van der Waals surface area contributed by atoms with E-state index >= 15 is 0 Å². The molecule has 116 valence electrons. The fourth-order valence-corrected chi connectivity index (χ4v) is 2.96. The topological polar surface area (TPSA) is 43.6 Å². The first kappa shape index (κ1) is 15.5. The van der Waals surface area contributed by atoms with E-state index in [0.29, 0.717) is 0 Å². The Hall–Kier alpha value is -2.40. The minimum atomic E-state index is 0.820. The van der Waals surface area contributed by atoms with Gasteiger partial charge in [0.2, 0.25) is 0 Å². The Kier molecular flexibility index (Phi) is 4.57. The van der Waals surface area contributed by atoms with E-state index in [9.17, 15) is 0 Å². The van der Waals surface area contributed by atoms with Crippen LogP contribution in [-0.2, 0) is 0 Å². The molecule has 1 aromatic carbocycles. The number of aryl methyl sites for hydroxylation is 1. The molecule has 4 nitrogen and oxygen atoms in total. The number of hydrogen-bond acceptors (Lipinski definition) is 4. The molecule has 0 amide bonds. The van der Waals surface area contributed by atoms with Crippen LogP contribution in [0.2, 0.25) is 0 Å². The molecule has 0 unspecified atom stereocenters. The largest absolute Gasteiger partial charge is 0.270 e. The van der Waals surface area contributed by atoms with Crippen molar-refractivity contribution in [3.8, 4) is 17.1 Å². The summed E-state index contributed by atoms with van der Waals surface area (Å²) < 4.78 is 2.09. The van der Waals surface area contributed by atoms with E-state index in [1.165, 1.54) is 5.56 Å². The van der Waals surface area contributed by atoms with Crippen molar-refractivity contribution in [1.29, 1.82) is 0 Å². The summed E-state index contributed by atoms with van der Waals surface area (Å²) in [5.74, 6) is 1.64. The second-order valence-corrected chi connectivity index (χ2v) is 6.40. The van der Waals surface area contributed by atoms with Crippen molar-refractivity contribution in [3.63, 3.8) is 0 Å². The molecule has 0 saturated carbocycles. The lowest BCUT2D eigenvalue weighted by atomic mass is 10.2. The predicted octanol–water partition coefficient (Wildman–Crippen LogP) is 4.31. The predicted molar refractivity (Wildman–Crippen MR) is 94.9 cm³/mol. The lowest BCUT2D eigenvalue weighted by molar-refractivity contribution is 0.886. The van der Waals surface area contributed by atoms with Crippen LogP contribution in [-0.4, -0.2) is 25.5 Å². The Balaban J connectivity index is 2.10. The highest BCUT2D eigenvalue weighted by Crippen LogP contribution is 2.28. The number of pyridine rings is 1. The van der Waals surface area contributed by atoms with Crippen molar-refractivity contribution in [3.05, 3.63) is 66.5 Å². The number of nitrogens with zero attached hydrogens (tertiary/aromatic N) is 4. The van der Waals surface area contributed by atoms with Gasteiger partial charge in [0.15, 0.2) is 11.0 Å².